The maximum atomic E-state index is 13.5. The number of alkyl halides is 1. The number of halogens is 4. The SMILES string of the molecule is O=C(NCCF)c1cccc2c1CCN2c1ccnc(Cc2cc(F)c(F)c(F)c2)c1. The highest BCUT2D eigenvalue weighted by atomic mass is 19.2. The summed E-state index contributed by atoms with van der Waals surface area (Å²) in [5, 5.41) is 2.55. The first-order valence-corrected chi connectivity index (χ1v) is 9.80. The van der Waals surface area contributed by atoms with Crippen molar-refractivity contribution >= 4 is 17.3 Å². The third kappa shape index (κ3) is 4.23. The maximum Gasteiger partial charge on any atom is 0.251 e. The van der Waals surface area contributed by atoms with Crippen LogP contribution in [-0.2, 0) is 12.8 Å². The van der Waals surface area contributed by atoms with Gasteiger partial charge in [-0.3, -0.25) is 9.78 Å². The second kappa shape index (κ2) is 8.75. The molecule has 1 N–H and O–H groups in total. The molecule has 0 unspecified atom stereocenters. The number of hydrogen-bond acceptors (Lipinski definition) is 3. The minimum absolute atomic E-state index is 0.0372. The van der Waals surface area contributed by atoms with E-state index in [0.717, 1.165) is 29.1 Å². The van der Waals surface area contributed by atoms with Crippen LogP contribution in [-0.4, -0.2) is 30.7 Å². The molecule has 8 heteroatoms. The van der Waals surface area contributed by atoms with Gasteiger partial charge in [0.05, 0.1) is 0 Å². The van der Waals surface area contributed by atoms with E-state index in [1.807, 2.05) is 11.0 Å². The van der Waals surface area contributed by atoms with Crippen LogP contribution in [0.25, 0.3) is 0 Å². The molecule has 0 saturated carbocycles. The number of aromatic nitrogens is 1. The highest BCUT2D eigenvalue weighted by Crippen LogP contribution is 2.36. The summed E-state index contributed by atoms with van der Waals surface area (Å²) in [6, 6.07) is 10.9. The Hall–Kier alpha value is -3.42. The number of benzene rings is 2. The van der Waals surface area contributed by atoms with Gasteiger partial charge in [-0.05, 0) is 53.9 Å². The largest absolute Gasteiger partial charge is 0.349 e. The molecule has 3 aromatic rings. The molecule has 1 aromatic heterocycles. The average Bonchev–Trinajstić information content (AvgIpc) is 3.20. The van der Waals surface area contributed by atoms with Gasteiger partial charge in [0.25, 0.3) is 5.91 Å². The predicted octanol–water partition coefficient (Wildman–Crippen LogP) is 4.48. The second-order valence-electron chi connectivity index (χ2n) is 7.21. The molecule has 1 amide bonds. The predicted molar refractivity (Wildman–Crippen MR) is 109 cm³/mol. The van der Waals surface area contributed by atoms with Gasteiger partial charge in [-0.25, -0.2) is 17.6 Å². The molecule has 2 aromatic carbocycles. The van der Waals surface area contributed by atoms with Crippen molar-refractivity contribution in [3.63, 3.8) is 0 Å². The lowest BCUT2D eigenvalue weighted by Crippen LogP contribution is -2.26. The zero-order valence-corrected chi connectivity index (χ0v) is 16.5. The smallest absolute Gasteiger partial charge is 0.251 e. The molecule has 0 spiro atoms. The van der Waals surface area contributed by atoms with Crippen LogP contribution in [0.15, 0.2) is 48.7 Å². The highest BCUT2D eigenvalue weighted by molar-refractivity contribution is 5.98. The molecule has 4 rings (SSSR count). The van der Waals surface area contributed by atoms with Gasteiger partial charge in [0.1, 0.15) is 6.67 Å². The van der Waals surface area contributed by atoms with E-state index in [9.17, 15) is 22.4 Å². The van der Waals surface area contributed by atoms with Crippen molar-refractivity contribution in [3.8, 4) is 0 Å². The van der Waals surface area contributed by atoms with Gasteiger partial charge in [0, 0.05) is 48.3 Å². The van der Waals surface area contributed by atoms with E-state index in [4.69, 9.17) is 0 Å². The Morgan fingerprint density at radius 3 is 2.61 bits per heavy atom. The number of rotatable bonds is 6. The molecule has 0 bridgehead atoms. The summed E-state index contributed by atoms with van der Waals surface area (Å²) >= 11 is 0. The number of carbonyl (C=O) groups is 1. The monoisotopic (exact) mass is 429 g/mol. The van der Waals surface area contributed by atoms with Crippen molar-refractivity contribution in [1.29, 1.82) is 0 Å². The number of anilines is 2. The maximum absolute atomic E-state index is 13.5. The summed E-state index contributed by atoms with van der Waals surface area (Å²) in [7, 11) is 0. The Bertz CT molecular complexity index is 1110. The van der Waals surface area contributed by atoms with Gasteiger partial charge < -0.3 is 10.2 Å². The summed E-state index contributed by atoms with van der Waals surface area (Å²) in [6.45, 7) is -0.0367. The van der Waals surface area contributed by atoms with Gasteiger partial charge in [0.15, 0.2) is 17.5 Å². The van der Waals surface area contributed by atoms with Crippen molar-refractivity contribution in [3.05, 3.63) is 88.5 Å². The van der Waals surface area contributed by atoms with Crippen molar-refractivity contribution in [2.75, 3.05) is 24.7 Å². The first-order valence-electron chi connectivity index (χ1n) is 9.80. The van der Waals surface area contributed by atoms with E-state index in [1.165, 1.54) is 0 Å². The fraction of sp³-hybridized carbons (Fsp3) is 0.217. The second-order valence-corrected chi connectivity index (χ2v) is 7.21. The standard InChI is InChI=1S/C23H19F4N3O/c24-6-8-29-23(31)18-2-1-3-21-17(18)5-9-30(21)16-4-7-28-15(13-16)10-14-11-19(25)22(27)20(26)12-14/h1-4,7,11-13H,5-6,8-10H2,(H,29,31). The molecule has 4 nitrogen and oxygen atoms in total. The fourth-order valence-corrected chi connectivity index (χ4v) is 3.82. The summed E-state index contributed by atoms with van der Waals surface area (Å²) in [5.74, 6) is -4.28. The Morgan fingerprint density at radius 2 is 1.87 bits per heavy atom. The molecule has 0 fully saturated rings. The van der Waals surface area contributed by atoms with Crippen LogP contribution in [0.2, 0.25) is 0 Å². The van der Waals surface area contributed by atoms with E-state index < -0.39 is 24.1 Å². The number of fused-ring (bicyclic) bond motifs is 1. The first kappa shape index (κ1) is 20.8. The van der Waals surface area contributed by atoms with Crippen molar-refractivity contribution in [2.45, 2.75) is 12.8 Å². The average molecular weight is 429 g/mol. The van der Waals surface area contributed by atoms with Crippen LogP contribution in [0.1, 0.15) is 27.2 Å². The molecule has 160 valence electrons. The molecule has 2 heterocycles. The number of nitrogens with one attached hydrogen (secondary N) is 1. The Kier molecular flexibility index (Phi) is 5.88. The van der Waals surface area contributed by atoms with Gasteiger partial charge in [0.2, 0.25) is 0 Å². The third-order valence-corrected chi connectivity index (χ3v) is 5.19. The van der Waals surface area contributed by atoms with Crippen LogP contribution in [0.4, 0.5) is 28.9 Å². The molecule has 1 aliphatic rings. The van der Waals surface area contributed by atoms with Crippen molar-refractivity contribution in [2.24, 2.45) is 0 Å². The summed E-state index contributed by atoms with van der Waals surface area (Å²) in [5.41, 5.74) is 3.90. The molecular weight excluding hydrogens is 410 g/mol. The van der Waals surface area contributed by atoms with Gasteiger partial charge >= 0.3 is 0 Å². The van der Waals surface area contributed by atoms with Gasteiger partial charge in [-0.2, -0.15) is 0 Å². The van der Waals surface area contributed by atoms with E-state index >= 15 is 0 Å². The lowest BCUT2D eigenvalue weighted by molar-refractivity contribution is 0.0950. The van der Waals surface area contributed by atoms with E-state index in [0.29, 0.717) is 24.2 Å². The molecule has 0 aliphatic carbocycles. The minimum atomic E-state index is -1.49. The third-order valence-electron chi connectivity index (χ3n) is 5.19. The number of hydrogen-bond donors (Lipinski definition) is 1. The van der Waals surface area contributed by atoms with Crippen LogP contribution >= 0.6 is 0 Å². The summed E-state index contributed by atoms with van der Waals surface area (Å²) in [6.07, 6.45) is 2.37. The molecular formula is C23H19F4N3O. The van der Waals surface area contributed by atoms with Crippen LogP contribution in [0.5, 0.6) is 0 Å². The summed E-state index contributed by atoms with van der Waals surface area (Å²) < 4.78 is 52.6. The Labute approximate surface area is 176 Å². The Balaban J connectivity index is 1.60. The van der Waals surface area contributed by atoms with Crippen LogP contribution in [0, 0.1) is 17.5 Å². The first-order chi connectivity index (χ1) is 15.0. The number of amides is 1. The number of nitrogens with zero attached hydrogens (tertiary/aromatic N) is 2. The zero-order valence-electron chi connectivity index (χ0n) is 16.5. The summed E-state index contributed by atoms with van der Waals surface area (Å²) in [4.78, 5) is 18.6. The molecule has 0 atom stereocenters. The molecule has 1 aliphatic heterocycles. The minimum Gasteiger partial charge on any atom is -0.349 e. The number of carbonyl (C=O) groups excluding carboxylic acids is 1. The zero-order chi connectivity index (χ0) is 22.0. The Morgan fingerprint density at radius 1 is 1.10 bits per heavy atom. The highest BCUT2D eigenvalue weighted by Gasteiger charge is 2.25. The molecule has 31 heavy (non-hydrogen) atoms. The van der Waals surface area contributed by atoms with Crippen LogP contribution < -0.4 is 10.2 Å². The van der Waals surface area contributed by atoms with E-state index in [1.54, 1.807) is 30.5 Å². The van der Waals surface area contributed by atoms with Gasteiger partial charge in [-0.1, -0.05) is 6.07 Å². The fourth-order valence-electron chi connectivity index (χ4n) is 3.82. The topological polar surface area (TPSA) is 45.2 Å². The lowest BCUT2D eigenvalue weighted by atomic mass is 10.0. The van der Waals surface area contributed by atoms with Crippen molar-refractivity contribution < 1.29 is 22.4 Å². The quantitative estimate of drug-likeness (QED) is 0.464. The molecule has 0 saturated heterocycles. The normalized spacial score (nSPS) is 12.7. The van der Waals surface area contributed by atoms with E-state index in [-0.39, 0.29) is 24.4 Å². The molecule has 0 radical (unpaired) electrons. The van der Waals surface area contributed by atoms with Crippen molar-refractivity contribution in [1.82, 2.24) is 10.3 Å². The van der Waals surface area contributed by atoms with Gasteiger partial charge in [-0.15, -0.1) is 0 Å². The lowest BCUT2D eigenvalue weighted by Gasteiger charge is -2.20. The van der Waals surface area contributed by atoms with E-state index in [2.05, 4.69) is 10.3 Å². The van der Waals surface area contributed by atoms with Crippen LogP contribution in [0.3, 0.4) is 0 Å². The number of pyridine rings is 1.